The highest BCUT2D eigenvalue weighted by atomic mass is 16.6. The number of rotatable bonds is 5. The zero-order valence-corrected chi connectivity index (χ0v) is 12.2. The zero-order chi connectivity index (χ0) is 14.5. The van der Waals surface area contributed by atoms with Crippen LogP contribution in [0.3, 0.4) is 0 Å². The van der Waals surface area contributed by atoms with Gasteiger partial charge in [0.15, 0.2) is 0 Å². The van der Waals surface area contributed by atoms with E-state index in [2.05, 4.69) is 4.90 Å². The molecule has 1 aromatic carbocycles. The molecule has 0 fully saturated rings. The second-order valence-electron chi connectivity index (χ2n) is 5.69. The van der Waals surface area contributed by atoms with Crippen LogP contribution in [0.2, 0.25) is 0 Å². The fourth-order valence-electron chi connectivity index (χ4n) is 1.64. The van der Waals surface area contributed by atoms with Crippen molar-refractivity contribution in [2.45, 2.75) is 38.8 Å². The molecule has 0 aliphatic carbocycles. The predicted octanol–water partition coefficient (Wildman–Crippen LogP) is 2.18. The molecule has 1 atom stereocenters. The average Bonchev–Trinajstić information content (AvgIpc) is 2.34. The first-order valence-corrected chi connectivity index (χ1v) is 6.54. The van der Waals surface area contributed by atoms with Crippen LogP contribution in [0.25, 0.3) is 0 Å². The number of nitrogens with zero attached hydrogens (tertiary/aromatic N) is 1. The second kappa shape index (κ2) is 6.57. The third kappa shape index (κ3) is 5.75. The van der Waals surface area contributed by atoms with Gasteiger partial charge in [-0.15, -0.1) is 0 Å². The predicted molar refractivity (Wildman–Crippen MR) is 78.1 cm³/mol. The summed E-state index contributed by atoms with van der Waals surface area (Å²) in [6.07, 6.45) is 0.570. The Labute approximate surface area is 115 Å². The molecule has 0 aromatic heterocycles. The van der Waals surface area contributed by atoms with E-state index in [-0.39, 0.29) is 5.97 Å². The van der Waals surface area contributed by atoms with Crippen molar-refractivity contribution in [2.24, 2.45) is 5.73 Å². The molecule has 1 aromatic rings. The van der Waals surface area contributed by atoms with E-state index in [0.29, 0.717) is 13.0 Å². The van der Waals surface area contributed by atoms with Crippen molar-refractivity contribution >= 4 is 11.7 Å². The van der Waals surface area contributed by atoms with Gasteiger partial charge in [0.2, 0.25) is 0 Å². The molecular formula is C15H24N2O2. The summed E-state index contributed by atoms with van der Waals surface area (Å²) in [5.74, 6) is -0.339. The molecular weight excluding hydrogens is 240 g/mol. The van der Waals surface area contributed by atoms with E-state index in [0.717, 1.165) is 5.69 Å². The van der Waals surface area contributed by atoms with E-state index < -0.39 is 11.6 Å². The van der Waals surface area contributed by atoms with E-state index in [1.807, 2.05) is 58.2 Å². The standard InChI is InChI=1S/C15H24N2O2/c1-15(2,3)19-14(18)13(16)10-11-17(4)12-8-6-5-7-9-12/h5-9,13H,10-11,16H2,1-4H3. The molecule has 0 saturated heterocycles. The van der Waals surface area contributed by atoms with Gasteiger partial charge in [-0.2, -0.15) is 0 Å². The molecule has 0 heterocycles. The quantitative estimate of drug-likeness (QED) is 0.828. The Hall–Kier alpha value is -1.55. The second-order valence-corrected chi connectivity index (χ2v) is 5.69. The molecule has 4 heteroatoms. The van der Waals surface area contributed by atoms with E-state index in [1.165, 1.54) is 0 Å². The summed E-state index contributed by atoms with van der Waals surface area (Å²) in [5.41, 5.74) is 6.47. The molecule has 0 aliphatic rings. The summed E-state index contributed by atoms with van der Waals surface area (Å²) in [4.78, 5) is 13.8. The van der Waals surface area contributed by atoms with Gasteiger partial charge < -0.3 is 15.4 Å². The van der Waals surface area contributed by atoms with Crippen LogP contribution in [0.1, 0.15) is 27.2 Å². The van der Waals surface area contributed by atoms with Gasteiger partial charge in [-0.25, -0.2) is 0 Å². The van der Waals surface area contributed by atoms with Gasteiger partial charge in [0.05, 0.1) is 0 Å². The molecule has 0 saturated carbocycles. The monoisotopic (exact) mass is 264 g/mol. The van der Waals surface area contributed by atoms with Gasteiger partial charge >= 0.3 is 5.97 Å². The number of ether oxygens (including phenoxy) is 1. The molecule has 0 aliphatic heterocycles. The van der Waals surface area contributed by atoms with Crippen LogP contribution >= 0.6 is 0 Å². The Bertz CT molecular complexity index is 398. The lowest BCUT2D eigenvalue weighted by atomic mass is 10.1. The first-order valence-electron chi connectivity index (χ1n) is 6.54. The van der Waals surface area contributed by atoms with Gasteiger partial charge in [-0.05, 0) is 39.3 Å². The maximum absolute atomic E-state index is 11.7. The Morgan fingerprint density at radius 3 is 2.42 bits per heavy atom. The topological polar surface area (TPSA) is 55.6 Å². The largest absolute Gasteiger partial charge is 0.459 e. The number of carbonyl (C=O) groups is 1. The van der Waals surface area contributed by atoms with Crippen molar-refractivity contribution in [1.29, 1.82) is 0 Å². The van der Waals surface area contributed by atoms with Crippen LogP contribution in [-0.2, 0) is 9.53 Å². The van der Waals surface area contributed by atoms with Crippen molar-refractivity contribution in [1.82, 2.24) is 0 Å². The smallest absolute Gasteiger partial charge is 0.323 e. The lowest BCUT2D eigenvalue weighted by Gasteiger charge is -2.24. The molecule has 0 spiro atoms. The Morgan fingerprint density at radius 2 is 1.89 bits per heavy atom. The molecule has 19 heavy (non-hydrogen) atoms. The first kappa shape index (κ1) is 15.5. The van der Waals surface area contributed by atoms with Crippen LogP contribution in [-0.4, -0.2) is 31.2 Å². The summed E-state index contributed by atoms with van der Waals surface area (Å²) in [6.45, 7) is 6.24. The molecule has 1 rings (SSSR count). The van der Waals surface area contributed by atoms with Crippen LogP contribution in [0.15, 0.2) is 30.3 Å². The highest BCUT2D eigenvalue weighted by molar-refractivity contribution is 5.75. The normalized spacial score (nSPS) is 12.9. The third-order valence-electron chi connectivity index (χ3n) is 2.68. The highest BCUT2D eigenvalue weighted by Gasteiger charge is 2.22. The molecule has 1 unspecified atom stereocenters. The zero-order valence-electron chi connectivity index (χ0n) is 12.2. The number of benzene rings is 1. The molecule has 0 radical (unpaired) electrons. The maximum atomic E-state index is 11.7. The fourth-order valence-corrected chi connectivity index (χ4v) is 1.64. The summed E-state index contributed by atoms with van der Waals surface area (Å²) < 4.78 is 5.26. The Morgan fingerprint density at radius 1 is 1.32 bits per heavy atom. The van der Waals surface area contributed by atoms with E-state index in [4.69, 9.17) is 10.5 Å². The summed E-state index contributed by atoms with van der Waals surface area (Å²) in [7, 11) is 1.98. The molecule has 0 amide bonds. The van der Waals surface area contributed by atoms with E-state index >= 15 is 0 Å². The number of hydrogen-bond acceptors (Lipinski definition) is 4. The fraction of sp³-hybridized carbons (Fsp3) is 0.533. The van der Waals surface area contributed by atoms with Crippen molar-refractivity contribution in [3.05, 3.63) is 30.3 Å². The number of hydrogen-bond donors (Lipinski definition) is 1. The number of nitrogens with two attached hydrogens (primary N) is 1. The van der Waals surface area contributed by atoms with Crippen molar-refractivity contribution in [3.8, 4) is 0 Å². The van der Waals surface area contributed by atoms with Gasteiger partial charge in [0.25, 0.3) is 0 Å². The minimum Gasteiger partial charge on any atom is -0.459 e. The lowest BCUT2D eigenvalue weighted by molar-refractivity contribution is -0.156. The number of carbonyl (C=O) groups excluding carboxylic acids is 1. The van der Waals surface area contributed by atoms with Gasteiger partial charge in [0, 0.05) is 19.3 Å². The van der Waals surface area contributed by atoms with Crippen molar-refractivity contribution in [3.63, 3.8) is 0 Å². The third-order valence-corrected chi connectivity index (χ3v) is 2.68. The number of anilines is 1. The molecule has 2 N–H and O–H groups in total. The summed E-state index contributed by atoms with van der Waals surface area (Å²) in [5, 5.41) is 0. The van der Waals surface area contributed by atoms with Crippen LogP contribution in [0.4, 0.5) is 5.69 Å². The Balaban J connectivity index is 2.42. The average molecular weight is 264 g/mol. The summed E-state index contributed by atoms with van der Waals surface area (Å²) >= 11 is 0. The Kier molecular flexibility index (Phi) is 5.36. The van der Waals surface area contributed by atoms with Gasteiger partial charge in [-0.1, -0.05) is 18.2 Å². The lowest BCUT2D eigenvalue weighted by Crippen LogP contribution is -2.39. The summed E-state index contributed by atoms with van der Waals surface area (Å²) in [6, 6.07) is 9.42. The number of para-hydroxylation sites is 1. The van der Waals surface area contributed by atoms with Gasteiger partial charge in [0.1, 0.15) is 11.6 Å². The van der Waals surface area contributed by atoms with Crippen LogP contribution < -0.4 is 10.6 Å². The minimum atomic E-state index is -0.578. The van der Waals surface area contributed by atoms with E-state index in [9.17, 15) is 4.79 Å². The highest BCUT2D eigenvalue weighted by Crippen LogP contribution is 2.13. The molecule has 4 nitrogen and oxygen atoms in total. The van der Waals surface area contributed by atoms with E-state index in [1.54, 1.807) is 0 Å². The van der Waals surface area contributed by atoms with Crippen LogP contribution in [0, 0.1) is 0 Å². The SMILES string of the molecule is CN(CCC(N)C(=O)OC(C)(C)C)c1ccccc1. The van der Waals surface area contributed by atoms with Crippen molar-refractivity contribution in [2.75, 3.05) is 18.5 Å². The van der Waals surface area contributed by atoms with Crippen LogP contribution in [0.5, 0.6) is 0 Å². The number of esters is 1. The molecule has 106 valence electrons. The van der Waals surface area contributed by atoms with Gasteiger partial charge in [-0.3, -0.25) is 4.79 Å². The molecule has 0 bridgehead atoms. The van der Waals surface area contributed by atoms with Crippen molar-refractivity contribution < 1.29 is 9.53 Å². The minimum absolute atomic E-state index is 0.339. The maximum Gasteiger partial charge on any atom is 0.323 e. The first-order chi connectivity index (χ1) is 8.79.